The number of aryl methyl sites for hydroxylation is 3. The maximum absolute atomic E-state index is 12.7. The van der Waals surface area contributed by atoms with Gasteiger partial charge in [-0.05, 0) is 59.7 Å². The van der Waals surface area contributed by atoms with Crippen LogP contribution in [0.2, 0.25) is 0 Å². The molecule has 5 rings (SSSR count). The first kappa shape index (κ1) is 22.7. The zero-order chi connectivity index (χ0) is 24.7. The third-order valence-corrected chi connectivity index (χ3v) is 7.03. The van der Waals surface area contributed by atoms with Gasteiger partial charge in [-0.3, -0.25) is 0 Å². The van der Waals surface area contributed by atoms with Gasteiger partial charge in [0.1, 0.15) is 12.6 Å². The lowest BCUT2D eigenvalue weighted by Crippen LogP contribution is -2.43. The molecule has 0 saturated carbocycles. The molecule has 35 heavy (non-hydrogen) atoms. The first-order valence-electron chi connectivity index (χ1n) is 11.8. The number of aromatic nitrogens is 1. The summed E-state index contributed by atoms with van der Waals surface area (Å²) in [6.07, 6.45) is -0.569. The summed E-state index contributed by atoms with van der Waals surface area (Å²) in [6, 6.07) is 19.2. The number of alkyl carbamates (subject to hydrolysis) is 1. The number of carboxylic acid groups (broad SMARTS) is 1. The Morgan fingerprint density at radius 1 is 0.943 bits per heavy atom. The van der Waals surface area contributed by atoms with Crippen LogP contribution >= 0.6 is 0 Å². The van der Waals surface area contributed by atoms with Crippen molar-refractivity contribution in [2.45, 2.75) is 39.2 Å². The minimum Gasteiger partial charge on any atom is -0.480 e. The predicted molar refractivity (Wildman–Crippen MR) is 136 cm³/mol. The van der Waals surface area contributed by atoms with Gasteiger partial charge in [0, 0.05) is 28.9 Å². The number of rotatable bonds is 6. The number of nitrogens with one attached hydrogen (secondary N) is 2. The predicted octanol–water partition coefficient (Wildman–Crippen LogP) is 5.63. The van der Waals surface area contributed by atoms with Gasteiger partial charge in [-0.25, -0.2) is 9.59 Å². The number of H-pyrrole nitrogens is 1. The van der Waals surface area contributed by atoms with Gasteiger partial charge in [0.25, 0.3) is 0 Å². The zero-order valence-electron chi connectivity index (χ0n) is 20.0. The van der Waals surface area contributed by atoms with E-state index in [0.29, 0.717) is 0 Å². The number of carbonyl (C=O) groups excluding carboxylic acids is 1. The lowest BCUT2D eigenvalue weighted by atomic mass is 9.98. The second kappa shape index (κ2) is 8.95. The monoisotopic (exact) mass is 468 g/mol. The molecule has 178 valence electrons. The summed E-state index contributed by atoms with van der Waals surface area (Å²) in [4.78, 5) is 28.2. The summed E-state index contributed by atoms with van der Waals surface area (Å²) in [5.41, 5.74) is 9.45. The Hall–Kier alpha value is -4.06. The van der Waals surface area contributed by atoms with Gasteiger partial charge in [-0.1, -0.05) is 60.7 Å². The van der Waals surface area contributed by atoms with Crippen LogP contribution in [0.3, 0.4) is 0 Å². The molecule has 1 aliphatic rings. The van der Waals surface area contributed by atoms with E-state index in [2.05, 4.69) is 22.4 Å². The number of ether oxygens (including phenoxy) is 1. The first-order valence-corrected chi connectivity index (χ1v) is 11.8. The van der Waals surface area contributed by atoms with Crippen molar-refractivity contribution in [3.05, 3.63) is 94.2 Å². The van der Waals surface area contributed by atoms with Crippen molar-refractivity contribution in [1.29, 1.82) is 0 Å². The van der Waals surface area contributed by atoms with E-state index >= 15 is 0 Å². The van der Waals surface area contributed by atoms with Crippen LogP contribution in [-0.4, -0.2) is 34.8 Å². The van der Waals surface area contributed by atoms with Crippen molar-refractivity contribution in [3.8, 4) is 11.1 Å². The van der Waals surface area contributed by atoms with Crippen molar-refractivity contribution >= 4 is 23.0 Å². The lowest BCUT2D eigenvalue weighted by molar-refractivity contribution is -0.139. The van der Waals surface area contributed by atoms with Gasteiger partial charge < -0.3 is 20.1 Å². The minimum absolute atomic E-state index is 0.0853. The van der Waals surface area contributed by atoms with Crippen molar-refractivity contribution in [2.24, 2.45) is 0 Å². The number of amides is 1. The highest BCUT2D eigenvalue weighted by molar-refractivity contribution is 5.91. The number of hydrogen-bond acceptors (Lipinski definition) is 3. The molecule has 1 unspecified atom stereocenters. The summed E-state index contributed by atoms with van der Waals surface area (Å²) in [7, 11) is 0. The molecule has 3 N–H and O–H groups in total. The van der Waals surface area contributed by atoms with Crippen LogP contribution in [0, 0.1) is 20.8 Å². The van der Waals surface area contributed by atoms with E-state index in [-0.39, 0.29) is 18.9 Å². The number of hydrogen-bond donors (Lipinski definition) is 3. The largest absolute Gasteiger partial charge is 0.480 e. The van der Waals surface area contributed by atoms with Gasteiger partial charge >= 0.3 is 12.1 Å². The van der Waals surface area contributed by atoms with E-state index in [9.17, 15) is 14.7 Å². The number of benzene rings is 3. The Morgan fingerprint density at radius 2 is 1.54 bits per heavy atom. The van der Waals surface area contributed by atoms with E-state index in [1.807, 2.05) is 69.3 Å². The summed E-state index contributed by atoms with van der Waals surface area (Å²) in [6.45, 7) is 6.09. The maximum atomic E-state index is 12.7. The van der Waals surface area contributed by atoms with E-state index in [1.54, 1.807) is 0 Å². The molecular weight excluding hydrogens is 440 g/mol. The summed E-state index contributed by atoms with van der Waals surface area (Å²) >= 11 is 0. The highest BCUT2D eigenvalue weighted by Gasteiger charge is 2.30. The molecule has 6 heteroatoms. The smallest absolute Gasteiger partial charge is 0.407 e. The Kier molecular flexibility index (Phi) is 5.81. The SMILES string of the molecule is Cc1[nH]c2c(C)ccc(C)c2c1CC(NC(=O)OCC1c2ccccc2-c2ccccc21)C(=O)O. The van der Waals surface area contributed by atoms with Crippen LogP contribution in [0.25, 0.3) is 22.0 Å². The highest BCUT2D eigenvalue weighted by atomic mass is 16.5. The first-order chi connectivity index (χ1) is 16.8. The fraction of sp³-hybridized carbons (Fsp3) is 0.241. The third kappa shape index (κ3) is 4.05. The van der Waals surface area contributed by atoms with E-state index < -0.39 is 18.1 Å². The summed E-state index contributed by atoms with van der Waals surface area (Å²) in [5.74, 6) is -1.18. The van der Waals surface area contributed by atoms with Crippen LogP contribution in [0.15, 0.2) is 60.7 Å². The van der Waals surface area contributed by atoms with Crippen LogP contribution in [0.5, 0.6) is 0 Å². The van der Waals surface area contributed by atoms with Gasteiger partial charge in [0.05, 0.1) is 0 Å². The van der Waals surface area contributed by atoms with Crippen molar-refractivity contribution < 1.29 is 19.4 Å². The molecule has 6 nitrogen and oxygen atoms in total. The molecule has 0 bridgehead atoms. The number of fused-ring (bicyclic) bond motifs is 4. The molecular formula is C29H28N2O4. The molecule has 0 aliphatic heterocycles. The Morgan fingerprint density at radius 3 is 2.17 bits per heavy atom. The van der Waals surface area contributed by atoms with E-state index in [0.717, 1.165) is 55.5 Å². The molecule has 0 radical (unpaired) electrons. The molecule has 1 aliphatic carbocycles. The van der Waals surface area contributed by atoms with Crippen molar-refractivity contribution in [2.75, 3.05) is 6.61 Å². The number of carboxylic acids is 1. The Bertz CT molecular complexity index is 1410. The standard InChI is InChI=1S/C29H28N2O4/c1-16-12-13-17(2)27-26(16)23(18(3)30-27)14-25(28(32)33)31-29(34)35-15-24-21-10-6-4-8-19(21)20-9-5-7-11-22(20)24/h4-13,24-25,30H,14-15H2,1-3H3,(H,31,34)(H,32,33). The van der Waals surface area contributed by atoms with Crippen LogP contribution in [-0.2, 0) is 16.0 Å². The number of aromatic amines is 1. The maximum Gasteiger partial charge on any atom is 0.407 e. The third-order valence-electron chi connectivity index (χ3n) is 7.03. The molecule has 1 heterocycles. The second-order valence-corrected chi connectivity index (χ2v) is 9.24. The molecule has 4 aromatic rings. The molecule has 1 aromatic heterocycles. The summed E-state index contributed by atoms with van der Waals surface area (Å²) in [5, 5.41) is 13.5. The Balaban J connectivity index is 1.33. The van der Waals surface area contributed by atoms with Crippen molar-refractivity contribution in [1.82, 2.24) is 10.3 Å². The zero-order valence-corrected chi connectivity index (χ0v) is 20.0. The Labute approximate surface area is 203 Å². The second-order valence-electron chi connectivity index (χ2n) is 9.24. The molecule has 0 fully saturated rings. The average Bonchev–Trinajstić information content (AvgIpc) is 3.35. The highest BCUT2D eigenvalue weighted by Crippen LogP contribution is 2.44. The fourth-order valence-corrected chi connectivity index (χ4v) is 5.25. The number of carbonyl (C=O) groups is 2. The van der Waals surface area contributed by atoms with Gasteiger partial charge in [-0.15, -0.1) is 0 Å². The quantitative estimate of drug-likeness (QED) is 0.342. The summed E-state index contributed by atoms with van der Waals surface area (Å²) < 4.78 is 5.58. The molecule has 1 amide bonds. The molecule has 0 spiro atoms. The van der Waals surface area contributed by atoms with Gasteiger partial charge in [0.15, 0.2) is 0 Å². The molecule has 0 saturated heterocycles. The van der Waals surface area contributed by atoms with Crippen molar-refractivity contribution in [3.63, 3.8) is 0 Å². The van der Waals surface area contributed by atoms with Gasteiger partial charge in [0.2, 0.25) is 0 Å². The molecule has 3 aromatic carbocycles. The average molecular weight is 469 g/mol. The van der Waals surface area contributed by atoms with E-state index in [1.165, 1.54) is 0 Å². The topological polar surface area (TPSA) is 91.4 Å². The lowest BCUT2D eigenvalue weighted by Gasteiger charge is -2.18. The number of aliphatic carboxylic acids is 1. The fourth-order valence-electron chi connectivity index (χ4n) is 5.25. The van der Waals surface area contributed by atoms with Crippen LogP contribution in [0.1, 0.15) is 39.4 Å². The molecule has 1 atom stereocenters. The van der Waals surface area contributed by atoms with Crippen LogP contribution in [0.4, 0.5) is 4.79 Å². The van der Waals surface area contributed by atoms with Crippen LogP contribution < -0.4 is 5.32 Å². The van der Waals surface area contributed by atoms with E-state index in [4.69, 9.17) is 4.74 Å². The normalized spacial score (nSPS) is 13.3. The minimum atomic E-state index is -1.11. The van der Waals surface area contributed by atoms with Gasteiger partial charge in [-0.2, -0.15) is 0 Å².